The fourth-order valence-electron chi connectivity index (χ4n) is 3.24. The molecular formula is C19H22FN3O5. The molecule has 0 spiro atoms. The van der Waals surface area contributed by atoms with Crippen molar-refractivity contribution in [1.29, 1.82) is 0 Å². The molecule has 1 atom stereocenters. The van der Waals surface area contributed by atoms with E-state index in [0.717, 1.165) is 5.57 Å². The van der Waals surface area contributed by atoms with Crippen molar-refractivity contribution in [1.82, 2.24) is 10.2 Å². The van der Waals surface area contributed by atoms with Crippen molar-refractivity contribution in [3.05, 3.63) is 35.7 Å². The van der Waals surface area contributed by atoms with E-state index >= 15 is 0 Å². The van der Waals surface area contributed by atoms with Crippen LogP contribution in [0.5, 0.6) is 0 Å². The van der Waals surface area contributed by atoms with Gasteiger partial charge in [-0.05, 0) is 30.2 Å². The third-order valence-corrected chi connectivity index (χ3v) is 4.71. The van der Waals surface area contributed by atoms with E-state index in [4.69, 9.17) is 4.74 Å². The molecule has 0 bridgehead atoms. The molecule has 0 saturated carbocycles. The molecule has 2 aliphatic heterocycles. The zero-order valence-electron chi connectivity index (χ0n) is 15.7. The number of carbonyl (C=O) groups is 3. The lowest BCUT2D eigenvalue weighted by molar-refractivity contribution is -0.119. The van der Waals surface area contributed by atoms with Crippen LogP contribution in [0.3, 0.4) is 0 Å². The second-order valence-electron chi connectivity index (χ2n) is 6.61. The highest BCUT2D eigenvalue weighted by molar-refractivity contribution is 5.90. The summed E-state index contributed by atoms with van der Waals surface area (Å²) in [5.74, 6) is -0.662. The van der Waals surface area contributed by atoms with E-state index in [9.17, 15) is 18.8 Å². The quantitative estimate of drug-likeness (QED) is 0.850. The van der Waals surface area contributed by atoms with Crippen molar-refractivity contribution in [3.8, 4) is 0 Å². The Morgan fingerprint density at radius 2 is 2.18 bits per heavy atom. The van der Waals surface area contributed by atoms with Crippen LogP contribution >= 0.6 is 0 Å². The van der Waals surface area contributed by atoms with E-state index in [2.05, 4.69) is 10.1 Å². The molecule has 1 fully saturated rings. The van der Waals surface area contributed by atoms with Gasteiger partial charge < -0.3 is 19.7 Å². The Morgan fingerprint density at radius 1 is 1.39 bits per heavy atom. The predicted octanol–water partition coefficient (Wildman–Crippen LogP) is 2.14. The lowest BCUT2D eigenvalue weighted by Crippen LogP contribution is -2.34. The molecule has 28 heavy (non-hydrogen) atoms. The predicted molar refractivity (Wildman–Crippen MR) is 99.3 cm³/mol. The van der Waals surface area contributed by atoms with Crippen LogP contribution in [0.1, 0.15) is 18.9 Å². The van der Waals surface area contributed by atoms with E-state index in [0.29, 0.717) is 30.8 Å². The van der Waals surface area contributed by atoms with Crippen LogP contribution in [0, 0.1) is 5.82 Å². The topological polar surface area (TPSA) is 88.2 Å². The number of nitrogens with zero attached hydrogens (tertiary/aromatic N) is 2. The fraction of sp³-hybridized carbons (Fsp3) is 0.421. The number of anilines is 1. The summed E-state index contributed by atoms with van der Waals surface area (Å²) in [5.41, 5.74) is 1.64. The van der Waals surface area contributed by atoms with Crippen LogP contribution in [-0.4, -0.2) is 62.4 Å². The Balaban J connectivity index is 1.69. The first-order valence-electron chi connectivity index (χ1n) is 8.93. The largest absolute Gasteiger partial charge is 0.453 e. The molecule has 1 aromatic rings. The molecule has 0 aromatic heterocycles. The first-order valence-corrected chi connectivity index (χ1v) is 8.93. The molecule has 1 aromatic carbocycles. The molecule has 0 radical (unpaired) electrons. The van der Waals surface area contributed by atoms with E-state index in [1.165, 1.54) is 29.9 Å². The standard InChI is InChI=1S/C19H22FN3O5/c1-12(24)21-10-15-11-23(19(26)28-15)14-3-4-16(17(20)9-14)13-5-7-22(8-6-13)18(25)27-2/h3-5,9,15H,6-8,10-11H2,1-2H3,(H,21,24). The number of hydrogen-bond donors (Lipinski definition) is 1. The zero-order valence-corrected chi connectivity index (χ0v) is 15.7. The molecule has 1 unspecified atom stereocenters. The normalized spacial score (nSPS) is 19.2. The summed E-state index contributed by atoms with van der Waals surface area (Å²) in [7, 11) is 1.32. The number of nitrogens with one attached hydrogen (secondary N) is 1. The SMILES string of the molecule is COC(=O)N1CC=C(c2ccc(N3CC(CNC(C)=O)OC3=O)cc2F)CC1. The van der Waals surface area contributed by atoms with Gasteiger partial charge in [-0.2, -0.15) is 0 Å². The fourth-order valence-corrected chi connectivity index (χ4v) is 3.24. The number of methoxy groups -OCH3 is 1. The van der Waals surface area contributed by atoms with Gasteiger partial charge in [0.25, 0.3) is 0 Å². The van der Waals surface area contributed by atoms with Crippen molar-refractivity contribution in [2.75, 3.05) is 38.2 Å². The number of halogens is 1. The molecule has 1 saturated heterocycles. The molecule has 0 aliphatic carbocycles. The minimum atomic E-state index is -0.576. The van der Waals surface area contributed by atoms with Crippen LogP contribution in [0.4, 0.5) is 19.7 Å². The summed E-state index contributed by atoms with van der Waals surface area (Å²) in [6.45, 7) is 2.62. The summed E-state index contributed by atoms with van der Waals surface area (Å²) < 4.78 is 24.6. The Morgan fingerprint density at radius 3 is 2.79 bits per heavy atom. The maximum atomic E-state index is 14.7. The third-order valence-electron chi connectivity index (χ3n) is 4.71. The molecule has 8 nitrogen and oxygen atoms in total. The number of hydrogen-bond acceptors (Lipinski definition) is 5. The van der Waals surface area contributed by atoms with Crippen molar-refractivity contribution in [3.63, 3.8) is 0 Å². The molecule has 3 amide bonds. The Labute approximate surface area is 161 Å². The number of carbonyl (C=O) groups excluding carboxylic acids is 3. The van der Waals surface area contributed by atoms with Crippen LogP contribution in [0.15, 0.2) is 24.3 Å². The minimum absolute atomic E-state index is 0.210. The molecule has 2 heterocycles. The highest BCUT2D eigenvalue weighted by Crippen LogP contribution is 2.29. The first kappa shape index (κ1) is 19.7. The van der Waals surface area contributed by atoms with Crippen molar-refractivity contribution >= 4 is 29.4 Å². The summed E-state index contributed by atoms with van der Waals surface area (Å²) in [4.78, 5) is 37.5. The second kappa shape index (κ2) is 8.28. The van der Waals surface area contributed by atoms with Crippen molar-refractivity contribution in [2.45, 2.75) is 19.4 Å². The molecular weight excluding hydrogens is 369 g/mol. The molecule has 150 valence electrons. The zero-order chi connectivity index (χ0) is 20.3. The number of amides is 3. The van der Waals surface area contributed by atoms with Gasteiger partial charge in [-0.3, -0.25) is 9.69 Å². The Bertz CT molecular complexity index is 826. The molecule has 3 rings (SSSR count). The van der Waals surface area contributed by atoms with Gasteiger partial charge in [-0.25, -0.2) is 14.0 Å². The number of ether oxygens (including phenoxy) is 2. The van der Waals surface area contributed by atoms with Gasteiger partial charge in [0.15, 0.2) is 0 Å². The van der Waals surface area contributed by atoms with Crippen molar-refractivity contribution in [2.24, 2.45) is 0 Å². The summed E-state index contributed by atoms with van der Waals surface area (Å²) in [5, 5.41) is 2.60. The van der Waals surface area contributed by atoms with Crippen molar-refractivity contribution < 1.29 is 28.2 Å². The van der Waals surface area contributed by atoms with Gasteiger partial charge >= 0.3 is 12.2 Å². The lowest BCUT2D eigenvalue weighted by Gasteiger charge is -2.25. The molecule has 2 aliphatic rings. The van der Waals surface area contributed by atoms with Gasteiger partial charge in [0.05, 0.1) is 25.9 Å². The van der Waals surface area contributed by atoms with Gasteiger partial charge in [-0.15, -0.1) is 0 Å². The van der Waals surface area contributed by atoms with E-state index < -0.39 is 24.1 Å². The number of benzene rings is 1. The van der Waals surface area contributed by atoms with Crippen LogP contribution in [0.2, 0.25) is 0 Å². The van der Waals surface area contributed by atoms with Crippen LogP contribution in [0.25, 0.3) is 5.57 Å². The lowest BCUT2D eigenvalue weighted by atomic mass is 9.98. The minimum Gasteiger partial charge on any atom is -0.453 e. The average molecular weight is 391 g/mol. The van der Waals surface area contributed by atoms with Gasteiger partial charge in [0.2, 0.25) is 5.91 Å². The highest BCUT2D eigenvalue weighted by atomic mass is 19.1. The highest BCUT2D eigenvalue weighted by Gasteiger charge is 2.33. The maximum Gasteiger partial charge on any atom is 0.414 e. The number of cyclic esters (lactones) is 1. The van der Waals surface area contributed by atoms with E-state index in [1.54, 1.807) is 18.2 Å². The summed E-state index contributed by atoms with van der Waals surface area (Å²) in [6, 6.07) is 4.58. The third kappa shape index (κ3) is 4.24. The van der Waals surface area contributed by atoms with Gasteiger partial charge in [-0.1, -0.05) is 6.08 Å². The Hall–Kier alpha value is -3.10. The summed E-state index contributed by atoms with van der Waals surface area (Å²) in [6.07, 6.45) is 0.840. The average Bonchev–Trinajstić information content (AvgIpc) is 3.06. The van der Waals surface area contributed by atoms with Gasteiger partial charge in [0.1, 0.15) is 11.9 Å². The maximum absolute atomic E-state index is 14.7. The van der Waals surface area contributed by atoms with Gasteiger partial charge in [0, 0.05) is 25.6 Å². The number of rotatable bonds is 4. The smallest absolute Gasteiger partial charge is 0.414 e. The molecule has 1 N–H and O–H groups in total. The monoisotopic (exact) mass is 391 g/mol. The van der Waals surface area contributed by atoms with E-state index in [1.807, 2.05) is 0 Å². The van der Waals surface area contributed by atoms with Crippen LogP contribution < -0.4 is 10.2 Å². The van der Waals surface area contributed by atoms with E-state index in [-0.39, 0.29) is 19.0 Å². The first-order chi connectivity index (χ1) is 13.4. The van der Waals surface area contributed by atoms with Crippen LogP contribution in [-0.2, 0) is 14.3 Å². The second-order valence-corrected chi connectivity index (χ2v) is 6.61. The summed E-state index contributed by atoms with van der Waals surface area (Å²) >= 11 is 0. The molecule has 9 heteroatoms. The Kier molecular flexibility index (Phi) is 5.81.